The Bertz CT molecular complexity index is 1300. The van der Waals surface area contributed by atoms with E-state index in [2.05, 4.69) is 22.8 Å². The van der Waals surface area contributed by atoms with Gasteiger partial charge in [0.25, 0.3) is 0 Å². The lowest BCUT2D eigenvalue weighted by molar-refractivity contribution is -0.132. The quantitative estimate of drug-likeness (QED) is 0.378. The summed E-state index contributed by atoms with van der Waals surface area (Å²) in [6.45, 7) is 0.758. The lowest BCUT2D eigenvalue weighted by Crippen LogP contribution is -2.31. The Kier molecular flexibility index (Phi) is 6.21. The minimum atomic E-state index is 0.0151. The molecule has 1 unspecified atom stereocenters. The summed E-state index contributed by atoms with van der Waals surface area (Å²) in [7, 11) is 3.30. The van der Waals surface area contributed by atoms with Crippen LogP contribution in [0.4, 0.5) is 0 Å². The molecule has 1 saturated heterocycles. The van der Waals surface area contributed by atoms with Crippen molar-refractivity contribution in [2.75, 3.05) is 20.8 Å². The van der Waals surface area contributed by atoms with Crippen molar-refractivity contribution < 1.29 is 14.3 Å². The average molecular weight is 456 g/mol. The van der Waals surface area contributed by atoms with Crippen molar-refractivity contribution in [2.24, 2.45) is 0 Å². The Balaban J connectivity index is 1.39. The second kappa shape index (κ2) is 9.59. The second-order valence-corrected chi connectivity index (χ2v) is 8.54. The third kappa shape index (κ3) is 4.12. The Morgan fingerprint density at radius 2 is 1.79 bits per heavy atom. The highest BCUT2D eigenvalue weighted by atomic mass is 16.5. The van der Waals surface area contributed by atoms with Crippen LogP contribution < -0.4 is 9.47 Å². The number of nitrogens with zero attached hydrogens (tertiary/aromatic N) is 3. The van der Waals surface area contributed by atoms with E-state index in [-0.39, 0.29) is 11.9 Å². The zero-order valence-corrected chi connectivity index (χ0v) is 19.6. The van der Waals surface area contributed by atoms with Crippen molar-refractivity contribution in [1.29, 1.82) is 0 Å². The summed E-state index contributed by atoms with van der Waals surface area (Å²) in [6, 6.07) is 24.2. The first-order valence-electron chi connectivity index (χ1n) is 11.7. The van der Waals surface area contributed by atoms with Gasteiger partial charge in [-0.2, -0.15) is 0 Å². The molecule has 0 saturated carbocycles. The van der Waals surface area contributed by atoms with Gasteiger partial charge < -0.3 is 14.4 Å². The number of imidazole rings is 1. The number of methoxy groups -OCH3 is 2. The zero-order valence-electron chi connectivity index (χ0n) is 19.6. The third-order valence-corrected chi connectivity index (χ3v) is 6.58. The van der Waals surface area contributed by atoms with E-state index in [0.717, 1.165) is 59.0 Å². The number of fused-ring (bicyclic) bond motifs is 1. The van der Waals surface area contributed by atoms with E-state index >= 15 is 0 Å². The van der Waals surface area contributed by atoms with Gasteiger partial charge in [-0.05, 0) is 49.2 Å². The number of carbonyl (C=O) groups excluding carboxylic acids is 1. The van der Waals surface area contributed by atoms with E-state index in [1.807, 2.05) is 59.5 Å². The average Bonchev–Trinajstić information content (AvgIpc) is 3.52. The number of aromatic nitrogens is 2. The van der Waals surface area contributed by atoms with Crippen molar-refractivity contribution in [2.45, 2.75) is 31.7 Å². The first kappa shape index (κ1) is 22.0. The Morgan fingerprint density at radius 3 is 2.59 bits per heavy atom. The number of hydrogen-bond donors (Lipinski definition) is 0. The summed E-state index contributed by atoms with van der Waals surface area (Å²) in [5.74, 6) is 2.55. The smallest absolute Gasteiger partial charge is 0.223 e. The van der Waals surface area contributed by atoms with Crippen molar-refractivity contribution in [3.8, 4) is 17.2 Å². The summed E-state index contributed by atoms with van der Waals surface area (Å²) in [5, 5.41) is 0. The summed E-state index contributed by atoms with van der Waals surface area (Å²) in [4.78, 5) is 20.3. The molecule has 2 heterocycles. The van der Waals surface area contributed by atoms with E-state index < -0.39 is 0 Å². The maximum absolute atomic E-state index is 13.4. The van der Waals surface area contributed by atoms with Gasteiger partial charge in [-0.3, -0.25) is 9.36 Å². The fourth-order valence-electron chi connectivity index (χ4n) is 4.95. The Hall–Kier alpha value is -3.80. The van der Waals surface area contributed by atoms with Gasteiger partial charge in [0.05, 0.1) is 31.3 Å². The molecule has 1 fully saturated rings. The van der Waals surface area contributed by atoms with Gasteiger partial charge in [0.2, 0.25) is 5.91 Å². The van der Waals surface area contributed by atoms with E-state index in [4.69, 9.17) is 14.5 Å². The summed E-state index contributed by atoms with van der Waals surface area (Å²) in [5.41, 5.74) is 4.08. The third-order valence-electron chi connectivity index (χ3n) is 6.58. The van der Waals surface area contributed by atoms with Crippen LogP contribution in [0, 0.1) is 0 Å². The fourth-order valence-corrected chi connectivity index (χ4v) is 4.95. The molecule has 1 atom stereocenters. The van der Waals surface area contributed by atoms with E-state index in [0.29, 0.717) is 12.8 Å². The highest BCUT2D eigenvalue weighted by molar-refractivity contribution is 5.80. The number of likely N-dealkylation sites (tertiary alicyclic amines) is 1. The highest BCUT2D eigenvalue weighted by Crippen LogP contribution is 2.39. The van der Waals surface area contributed by atoms with Crippen LogP contribution in [0.5, 0.6) is 11.5 Å². The number of carbonyl (C=O) groups is 1. The number of para-hydroxylation sites is 3. The Morgan fingerprint density at radius 1 is 1.00 bits per heavy atom. The monoisotopic (exact) mass is 455 g/mol. The van der Waals surface area contributed by atoms with Gasteiger partial charge in [-0.1, -0.05) is 30.3 Å². The predicted molar refractivity (Wildman–Crippen MR) is 133 cm³/mol. The molecular formula is C28H29N3O3. The second-order valence-electron chi connectivity index (χ2n) is 8.54. The number of ether oxygens (including phenoxy) is 2. The zero-order chi connectivity index (χ0) is 23.5. The lowest BCUT2D eigenvalue weighted by Gasteiger charge is -2.26. The molecule has 0 bridgehead atoms. The maximum atomic E-state index is 13.4. The van der Waals surface area contributed by atoms with Crippen molar-refractivity contribution in [3.05, 3.63) is 84.2 Å². The van der Waals surface area contributed by atoms with Gasteiger partial charge in [0.1, 0.15) is 17.3 Å². The van der Waals surface area contributed by atoms with E-state index in [1.165, 1.54) is 0 Å². The molecule has 0 N–H and O–H groups in total. The van der Waals surface area contributed by atoms with Gasteiger partial charge in [-0.25, -0.2) is 4.98 Å². The van der Waals surface area contributed by atoms with Crippen LogP contribution >= 0.6 is 0 Å². The topological polar surface area (TPSA) is 56.6 Å². The SMILES string of the molecule is COc1ccc(C2CCCN2C(=O)CCc2nc3ccccc3n2-c2ccccc2)c(OC)c1. The largest absolute Gasteiger partial charge is 0.497 e. The molecule has 1 amide bonds. The van der Waals surface area contributed by atoms with Gasteiger partial charge in [0.15, 0.2) is 0 Å². The van der Waals surface area contributed by atoms with Crippen LogP contribution in [0.15, 0.2) is 72.8 Å². The first-order chi connectivity index (χ1) is 16.7. The fraction of sp³-hybridized carbons (Fsp3) is 0.286. The molecule has 6 heteroatoms. The summed E-state index contributed by atoms with van der Waals surface area (Å²) in [6.07, 6.45) is 2.89. The number of rotatable bonds is 7. The van der Waals surface area contributed by atoms with Crippen LogP contribution in [0.1, 0.15) is 36.7 Å². The minimum Gasteiger partial charge on any atom is -0.497 e. The van der Waals surface area contributed by atoms with Crippen LogP contribution in [0.25, 0.3) is 16.7 Å². The predicted octanol–water partition coefficient (Wildman–Crippen LogP) is 5.34. The van der Waals surface area contributed by atoms with Crippen molar-refractivity contribution in [3.63, 3.8) is 0 Å². The molecule has 6 nitrogen and oxygen atoms in total. The normalized spacial score (nSPS) is 15.6. The molecule has 5 rings (SSSR count). The van der Waals surface area contributed by atoms with Crippen LogP contribution in [0.3, 0.4) is 0 Å². The number of amides is 1. The van der Waals surface area contributed by atoms with Gasteiger partial charge >= 0.3 is 0 Å². The number of hydrogen-bond acceptors (Lipinski definition) is 4. The van der Waals surface area contributed by atoms with Crippen LogP contribution in [-0.4, -0.2) is 41.1 Å². The summed E-state index contributed by atoms with van der Waals surface area (Å²) < 4.78 is 13.1. The lowest BCUT2D eigenvalue weighted by atomic mass is 10.0. The van der Waals surface area contributed by atoms with Gasteiger partial charge in [0, 0.05) is 36.7 Å². The maximum Gasteiger partial charge on any atom is 0.223 e. The first-order valence-corrected chi connectivity index (χ1v) is 11.7. The standard InChI is InChI=1S/C28H29N3O3/c1-33-21-14-15-22(26(19-21)34-2)24-13-8-18-30(24)28(32)17-16-27-29-23-11-6-7-12-25(23)31(27)20-9-4-3-5-10-20/h3-7,9-12,14-15,19,24H,8,13,16-18H2,1-2H3. The highest BCUT2D eigenvalue weighted by Gasteiger charge is 2.32. The minimum absolute atomic E-state index is 0.0151. The molecule has 0 radical (unpaired) electrons. The van der Waals surface area contributed by atoms with E-state index in [9.17, 15) is 4.79 Å². The Labute approximate surface area is 199 Å². The molecule has 174 valence electrons. The molecule has 3 aromatic carbocycles. The molecule has 1 aliphatic heterocycles. The van der Waals surface area contributed by atoms with Crippen LogP contribution in [0.2, 0.25) is 0 Å². The molecule has 0 aliphatic carbocycles. The molecule has 4 aromatic rings. The number of benzene rings is 3. The molecular weight excluding hydrogens is 426 g/mol. The van der Waals surface area contributed by atoms with Gasteiger partial charge in [-0.15, -0.1) is 0 Å². The van der Waals surface area contributed by atoms with Crippen molar-refractivity contribution >= 4 is 16.9 Å². The van der Waals surface area contributed by atoms with Crippen LogP contribution in [-0.2, 0) is 11.2 Å². The summed E-state index contributed by atoms with van der Waals surface area (Å²) >= 11 is 0. The van der Waals surface area contributed by atoms with E-state index in [1.54, 1.807) is 14.2 Å². The number of aryl methyl sites for hydroxylation is 1. The molecule has 0 spiro atoms. The molecule has 1 aromatic heterocycles. The molecule has 34 heavy (non-hydrogen) atoms. The molecule has 1 aliphatic rings. The van der Waals surface area contributed by atoms with Crippen molar-refractivity contribution in [1.82, 2.24) is 14.5 Å².